The Morgan fingerprint density at radius 3 is 2.56 bits per heavy atom. The third kappa shape index (κ3) is 5.56. The van der Waals surface area contributed by atoms with Crippen molar-refractivity contribution in [3.8, 4) is 0 Å². The van der Waals surface area contributed by atoms with Crippen molar-refractivity contribution in [1.29, 1.82) is 0 Å². The third-order valence-electron chi connectivity index (χ3n) is 1.16. The predicted octanol–water partition coefficient (Wildman–Crippen LogP) is 1.50. The zero-order chi connectivity index (χ0) is 7.28. The van der Waals surface area contributed by atoms with E-state index in [1.54, 1.807) is 5.84 Å². The van der Waals surface area contributed by atoms with Gasteiger partial charge in [-0.15, -0.1) is 5.16 Å². The standard InChI is InChI=1S/C6H15NOSi/c1-6(2)4-9(3)5-7-8/h5-6,8-9H,4H2,1-3H3. The fourth-order valence-corrected chi connectivity index (χ4v) is 2.75. The van der Waals surface area contributed by atoms with E-state index in [1.165, 1.54) is 6.04 Å². The van der Waals surface area contributed by atoms with Crippen LogP contribution in [0.25, 0.3) is 0 Å². The highest BCUT2D eigenvalue weighted by Gasteiger charge is 2.02. The van der Waals surface area contributed by atoms with E-state index in [-0.39, 0.29) is 0 Å². The van der Waals surface area contributed by atoms with Crippen LogP contribution in [-0.2, 0) is 0 Å². The van der Waals surface area contributed by atoms with Crippen molar-refractivity contribution >= 4 is 14.6 Å². The Hall–Kier alpha value is -0.313. The van der Waals surface area contributed by atoms with Crippen LogP contribution in [0.3, 0.4) is 0 Å². The molecular weight excluding hydrogens is 130 g/mol. The van der Waals surface area contributed by atoms with Gasteiger partial charge >= 0.3 is 0 Å². The maximum Gasteiger partial charge on any atom is 0.0866 e. The molecule has 0 saturated heterocycles. The number of hydrogen-bond donors (Lipinski definition) is 1. The van der Waals surface area contributed by atoms with Gasteiger partial charge in [-0.25, -0.2) is 0 Å². The van der Waals surface area contributed by atoms with E-state index < -0.39 is 8.80 Å². The van der Waals surface area contributed by atoms with Crippen molar-refractivity contribution < 1.29 is 5.21 Å². The molecule has 0 aliphatic heterocycles. The quantitative estimate of drug-likeness (QED) is 0.277. The lowest BCUT2D eigenvalue weighted by Crippen LogP contribution is -2.11. The van der Waals surface area contributed by atoms with Crippen molar-refractivity contribution in [2.45, 2.75) is 26.4 Å². The molecule has 0 aromatic heterocycles. The highest BCUT2D eigenvalue weighted by molar-refractivity contribution is 6.84. The minimum Gasteiger partial charge on any atom is -0.411 e. The van der Waals surface area contributed by atoms with E-state index >= 15 is 0 Å². The van der Waals surface area contributed by atoms with Crippen molar-refractivity contribution in [1.82, 2.24) is 0 Å². The summed E-state index contributed by atoms with van der Waals surface area (Å²) in [5, 5.41) is 11.2. The normalized spacial score (nSPS) is 15.1. The Labute approximate surface area is 58.2 Å². The zero-order valence-electron chi connectivity index (χ0n) is 6.33. The van der Waals surface area contributed by atoms with Gasteiger partial charge in [0.05, 0.1) is 8.80 Å². The largest absolute Gasteiger partial charge is 0.411 e. The Bertz CT molecular complexity index is 93.1. The van der Waals surface area contributed by atoms with Crippen molar-refractivity contribution in [2.75, 3.05) is 0 Å². The van der Waals surface area contributed by atoms with Crippen LogP contribution in [0, 0.1) is 5.92 Å². The number of nitrogens with zero attached hydrogens (tertiary/aromatic N) is 1. The first-order valence-corrected chi connectivity index (χ1v) is 5.98. The molecule has 0 aromatic carbocycles. The number of hydrogen-bond acceptors (Lipinski definition) is 2. The summed E-state index contributed by atoms with van der Waals surface area (Å²) in [6, 6.07) is 1.23. The molecule has 0 aliphatic rings. The van der Waals surface area contributed by atoms with Gasteiger partial charge in [0.2, 0.25) is 0 Å². The molecule has 0 aromatic rings. The van der Waals surface area contributed by atoms with Crippen LogP contribution in [0.1, 0.15) is 13.8 Å². The molecule has 0 bridgehead atoms. The van der Waals surface area contributed by atoms with Gasteiger partial charge in [0.15, 0.2) is 0 Å². The van der Waals surface area contributed by atoms with Gasteiger partial charge in [0.25, 0.3) is 0 Å². The van der Waals surface area contributed by atoms with Crippen LogP contribution in [-0.4, -0.2) is 19.8 Å². The van der Waals surface area contributed by atoms with Gasteiger partial charge < -0.3 is 5.21 Å². The Balaban J connectivity index is 3.38. The molecule has 0 heterocycles. The average Bonchev–Trinajstić information content (AvgIpc) is 1.63. The molecule has 0 fully saturated rings. The fourth-order valence-electron chi connectivity index (χ4n) is 0.918. The Morgan fingerprint density at radius 1 is 1.67 bits per heavy atom. The summed E-state index contributed by atoms with van der Waals surface area (Å²) in [5.41, 5.74) is 0. The van der Waals surface area contributed by atoms with Crippen LogP contribution in [0.15, 0.2) is 5.16 Å². The van der Waals surface area contributed by atoms with Gasteiger partial charge in [0.1, 0.15) is 0 Å². The van der Waals surface area contributed by atoms with Crippen LogP contribution < -0.4 is 0 Å². The van der Waals surface area contributed by atoms with Crippen LogP contribution in [0.2, 0.25) is 12.6 Å². The summed E-state index contributed by atoms with van der Waals surface area (Å²) in [7, 11) is -0.802. The zero-order valence-corrected chi connectivity index (χ0v) is 7.49. The molecule has 0 amide bonds. The summed E-state index contributed by atoms with van der Waals surface area (Å²) in [4.78, 5) is 0. The van der Waals surface area contributed by atoms with E-state index in [4.69, 9.17) is 5.21 Å². The second-order valence-electron chi connectivity index (χ2n) is 2.87. The third-order valence-corrected chi connectivity index (χ3v) is 3.49. The second-order valence-corrected chi connectivity index (χ2v) is 5.60. The van der Waals surface area contributed by atoms with Crippen molar-refractivity contribution in [3.63, 3.8) is 0 Å². The van der Waals surface area contributed by atoms with E-state index in [0.29, 0.717) is 0 Å². The van der Waals surface area contributed by atoms with Crippen molar-refractivity contribution in [3.05, 3.63) is 0 Å². The first kappa shape index (κ1) is 8.69. The maximum atomic E-state index is 8.15. The van der Waals surface area contributed by atoms with E-state index in [0.717, 1.165) is 5.92 Å². The van der Waals surface area contributed by atoms with Crippen LogP contribution in [0.4, 0.5) is 0 Å². The maximum absolute atomic E-state index is 8.15. The molecule has 9 heavy (non-hydrogen) atoms. The SMILES string of the molecule is CC(C)C[SiH](C)C=NO. The highest BCUT2D eigenvalue weighted by Crippen LogP contribution is 2.02. The smallest absolute Gasteiger partial charge is 0.0866 e. The van der Waals surface area contributed by atoms with Gasteiger partial charge in [0, 0.05) is 5.84 Å². The van der Waals surface area contributed by atoms with Gasteiger partial charge in [-0.1, -0.05) is 26.4 Å². The highest BCUT2D eigenvalue weighted by atomic mass is 28.3. The molecule has 54 valence electrons. The molecule has 0 rings (SSSR count). The van der Waals surface area contributed by atoms with Crippen LogP contribution >= 0.6 is 0 Å². The summed E-state index contributed by atoms with van der Waals surface area (Å²) >= 11 is 0. The monoisotopic (exact) mass is 145 g/mol. The molecule has 0 spiro atoms. The second kappa shape index (κ2) is 4.55. The molecule has 2 nitrogen and oxygen atoms in total. The van der Waals surface area contributed by atoms with Gasteiger partial charge in [-0.05, 0) is 5.92 Å². The predicted molar refractivity (Wildman–Crippen MR) is 42.9 cm³/mol. The summed E-state index contributed by atoms with van der Waals surface area (Å²) in [6.07, 6.45) is 0. The lowest BCUT2D eigenvalue weighted by Gasteiger charge is -2.04. The molecule has 1 atom stereocenters. The topological polar surface area (TPSA) is 32.6 Å². The summed E-state index contributed by atoms with van der Waals surface area (Å²) < 4.78 is 0. The van der Waals surface area contributed by atoms with Gasteiger partial charge in [-0.2, -0.15) is 0 Å². The minimum absolute atomic E-state index is 0.740. The molecule has 3 heteroatoms. The number of oxime groups is 1. The first-order chi connectivity index (χ1) is 4.16. The molecule has 0 aliphatic carbocycles. The Kier molecular flexibility index (Phi) is 4.40. The van der Waals surface area contributed by atoms with E-state index in [1.807, 2.05) is 0 Å². The average molecular weight is 145 g/mol. The molecule has 1 unspecified atom stereocenters. The summed E-state index contributed by atoms with van der Waals surface area (Å²) in [6.45, 7) is 6.56. The lowest BCUT2D eigenvalue weighted by molar-refractivity contribution is 0.322. The minimum atomic E-state index is -0.802. The molecule has 1 N–H and O–H groups in total. The lowest BCUT2D eigenvalue weighted by atomic mass is 10.3. The molecule has 0 saturated carbocycles. The van der Waals surface area contributed by atoms with Crippen LogP contribution in [0.5, 0.6) is 0 Å². The van der Waals surface area contributed by atoms with E-state index in [9.17, 15) is 0 Å². The van der Waals surface area contributed by atoms with Gasteiger partial charge in [-0.3, -0.25) is 0 Å². The fraction of sp³-hybridized carbons (Fsp3) is 0.833. The first-order valence-electron chi connectivity index (χ1n) is 3.34. The Morgan fingerprint density at radius 2 is 2.22 bits per heavy atom. The molecular formula is C6H15NOSi. The molecule has 0 radical (unpaired) electrons. The summed E-state index contributed by atoms with van der Waals surface area (Å²) in [5.74, 6) is 2.45. The van der Waals surface area contributed by atoms with E-state index in [2.05, 4.69) is 25.6 Å². The van der Waals surface area contributed by atoms with Crippen molar-refractivity contribution in [2.24, 2.45) is 11.1 Å². The number of rotatable bonds is 3.